The summed E-state index contributed by atoms with van der Waals surface area (Å²) in [5, 5.41) is 1.37. The van der Waals surface area contributed by atoms with Crippen LogP contribution in [0.2, 0.25) is 5.02 Å². The first kappa shape index (κ1) is 17.7. The second-order valence-corrected chi connectivity index (χ2v) is 9.04. The van der Waals surface area contributed by atoms with Crippen LogP contribution >= 0.6 is 22.9 Å². The van der Waals surface area contributed by atoms with Gasteiger partial charge in [0.15, 0.2) is 0 Å². The highest BCUT2D eigenvalue weighted by Crippen LogP contribution is 2.44. The topological polar surface area (TPSA) is 54.3 Å². The first-order valence-electron chi connectivity index (χ1n) is 9.29. The van der Waals surface area contributed by atoms with Gasteiger partial charge in [0.05, 0.1) is 28.0 Å². The number of carbonyl (C=O) groups is 1. The summed E-state index contributed by atoms with van der Waals surface area (Å²) in [7, 11) is 3.99. The van der Waals surface area contributed by atoms with Gasteiger partial charge in [-0.3, -0.25) is 9.36 Å². The Bertz CT molecular complexity index is 1100. The predicted octanol–water partition coefficient (Wildman–Crippen LogP) is 4.31. The van der Waals surface area contributed by atoms with E-state index in [0.29, 0.717) is 10.6 Å². The molecule has 28 heavy (non-hydrogen) atoms. The van der Waals surface area contributed by atoms with Crippen LogP contribution in [0.4, 0.5) is 5.82 Å². The molecule has 6 nitrogen and oxygen atoms in total. The Kier molecular flexibility index (Phi) is 4.00. The Hall–Kier alpha value is -2.38. The maximum Gasteiger partial charge on any atom is 0.258 e. The predicted molar refractivity (Wildman–Crippen MR) is 112 cm³/mol. The van der Waals surface area contributed by atoms with Crippen molar-refractivity contribution in [2.24, 2.45) is 0 Å². The molecule has 0 saturated carbocycles. The number of halogens is 1. The van der Waals surface area contributed by atoms with Gasteiger partial charge in [-0.2, -0.15) is 0 Å². The van der Waals surface area contributed by atoms with E-state index in [1.807, 2.05) is 40.6 Å². The fraction of sp³-hybridized carbons (Fsp3) is 0.350. The Morgan fingerprint density at radius 2 is 2.14 bits per heavy atom. The lowest BCUT2D eigenvalue weighted by Crippen LogP contribution is -2.29. The molecule has 1 amide bonds. The maximum atomic E-state index is 13.3. The van der Waals surface area contributed by atoms with E-state index < -0.39 is 0 Å². The number of thiazole rings is 1. The summed E-state index contributed by atoms with van der Waals surface area (Å²) in [6, 6.07) is 5.58. The number of aromatic nitrogens is 3. The molecule has 3 aromatic rings. The van der Waals surface area contributed by atoms with E-state index in [-0.39, 0.29) is 11.9 Å². The Labute approximate surface area is 172 Å². The molecule has 5 rings (SSSR count). The highest BCUT2D eigenvalue weighted by molar-refractivity contribution is 7.15. The van der Waals surface area contributed by atoms with Gasteiger partial charge in [0.25, 0.3) is 5.91 Å². The van der Waals surface area contributed by atoms with E-state index in [9.17, 15) is 4.79 Å². The summed E-state index contributed by atoms with van der Waals surface area (Å²) >= 11 is 8.09. The van der Waals surface area contributed by atoms with E-state index >= 15 is 0 Å². The molecule has 2 aliphatic rings. The molecule has 2 aromatic heterocycles. The fourth-order valence-corrected chi connectivity index (χ4v) is 5.55. The number of carbonyl (C=O) groups excluding carboxylic acids is 1. The quantitative estimate of drug-likeness (QED) is 0.628. The van der Waals surface area contributed by atoms with Gasteiger partial charge in [-0.25, -0.2) is 9.97 Å². The average Bonchev–Trinajstić information content (AvgIpc) is 3.36. The van der Waals surface area contributed by atoms with Crippen LogP contribution in [0, 0.1) is 6.92 Å². The largest absolute Gasteiger partial charge is 0.362 e. The van der Waals surface area contributed by atoms with Crippen molar-refractivity contribution in [2.75, 3.05) is 25.5 Å². The van der Waals surface area contributed by atoms with Crippen LogP contribution in [0.25, 0.3) is 16.4 Å². The second-order valence-electron chi connectivity index (χ2n) is 7.43. The van der Waals surface area contributed by atoms with Crippen molar-refractivity contribution in [2.45, 2.75) is 25.8 Å². The van der Waals surface area contributed by atoms with Crippen LogP contribution in [-0.4, -0.2) is 46.0 Å². The summed E-state index contributed by atoms with van der Waals surface area (Å²) in [5.74, 6) is 0.959. The Morgan fingerprint density at radius 1 is 1.32 bits per heavy atom. The molecule has 1 fully saturated rings. The van der Waals surface area contributed by atoms with E-state index in [2.05, 4.69) is 6.92 Å². The molecule has 144 valence electrons. The molecule has 0 bridgehead atoms. The van der Waals surface area contributed by atoms with Crippen LogP contribution in [0.15, 0.2) is 24.5 Å². The summed E-state index contributed by atoms with van der Waals surface area (Å²) in [6.07, 6.45) is 3.70. The Balaban J connectivity index is 1.77. The first-order valence-corrected chi connectivity index (χ1v) is 10.5. The van der Waals surface area contributed by atoms with Crippen molar-refractivity contribution in [1.29, 1.82) is 0 Å². The van der Waals surface area contributed by atoms with Gasteiger partial charge in [0.2, 0.25) is 0 Å². The third kappa shape index (κ3) is 2.42. The standard InChI is InChI=1S/C20H20ClN5OS/c1-11-18(24(2)3)23-19(28-11)16-17-14-8-5-9-25(14)20(27)15-12(21)6-4-7-13(15)26(17)10-22-16/h4,6-7,10,14H,5,8-9H2,1-3H3/t14-/m0/s1. The van der Waals surface area contributed by atoms with Crippen molar-refractivity contribution in [3.05, 3.63) is 45.7 Å². The van der Waals surface area contributed by atoms with E-state index in [1.165, 1.54) is 0 Å². The molecular formula is C20H20ClN5OS. The molecule has 0 aliphatic carbocycles. The molecule has 0 radical (unpaired) electrons. The van der Waals surface area contributed by atoms with Gasteiger partial charge in [-0.1, -0.05) is 17.7 Å². The third-order valence-electron chi connectivity index (χ3n) is 5.50. The number of aryl methyl sites for hydroxylation is 1. The van der Waals surface area contributed by atoms with E-state index in [0.717, 1.165) is 52.2 Å². The zero-order chi connectivity index (χ0) is 19.6. The molecule has 1 saturated heterocycles. The summed E-state index contributed by atoms with van der Waals surface area (Å²) in [5.41, 5.74) is 3.24. The lowest BCUT2D eigenvalue weighted by atomic mass is 10.1. The number of hydrogen-bond acceptors (Lipinski definition) is 5. The molecule has 0 unspecified atom stereocenters. The highest BCUT2D eigenvalue weighted by atomic mass is 35.5. The zero-order valence-corrected chi connectivity index (χ0v) is 17.5. The summed E-state index contributed by atoms with van der Waals surface area (Å²) in [6.45, 7) is 2.81. The second kappa shape index (κ2) is 6.32. The fourth-order valence-electron chi connectivity index (χ4n) is 4.30. The summed E-state index contributed by atoms with van der Waals surface area (Å²) in [4.78, 5) is 28.0. The monoisotopic (exact) mass is 413 g/mol. The van der Waals surface area contributed by atoms with Crippen molar-refractivity contribution in [3.63, 3.8) is 0 Å². The molecular weight excluding hydrogens is 394 g/mol. The normalized spacial score (nSPS) is 17.9. The van der Waals surface area contributed by atoms with Gasteiger partial charge in [0, 0.05) is 25.5 Å². The number of rotatable bonds is 2. The van der Waals surface area contributed by atoms with Crippen LogP contribution in [0.1, 0.15) is 39.8 Å². The van der Waals surface area contributed by atoms with Crippen LogP contribution < -0.4 is 4.90 Å². The SMILES string of the molecule is Cc1sc(-c2ncn3c2[C@@H]2CCCN2C(=O)c2c(Cl)cccc2-3)nc1N(C)C. The first-order chi connectivity index (χ1) is 13.5. The highest BCUT2D eigenvalue weighted by Gasteiger charge is 2.40. The lowest BCUT2D eigenvalue weighted by Gasteiger charge is -2.23. The zero-order valence-electron chi connectivity index (χ0n) is 15.9. The number of nitrogens with zero attached hydrogens (tertiary/aromatic N) is 5. The van der Waals surface area contributed by atoms with Gasteiger partial charge < -0.3 is 9.80 Å². The minimum absolute atomic E-state index is 0.00190. The summed E-state index contributed by atoms with van der Waals surface area (Å²) < 4.78 is 2.04. The number of imidazole rings is 1. The van der Waals surface area contributed by atoms with Crippen molar-refractivity contribution >= 4 is 34.7 Å². The number of anilines is 1. The van der Waals surface area contributed by atoms with Crippen LogP contribution in [0.5, 0.6) is 0 Å². The molecule has 1 aromatic carbocycles. The van der Waals surface area contributed by atoms with E-state index in [1.54, 1.807) is 23.7 Å². The smallest absolute Gasteiger partial charge is 0.258 e. The van der Waals surface area contributed by atoms with Crippen molar-refractivity contribution in [3.8, 4) is 16.4 Å². The molecule has 1 atom stereocenters. The minimum Gasteiger partial charge on any atom is -0.362 e. The van der Waals surface area contributed by atoms with Crippen molar-refractivity contribution < 1.29 is 4.79 Å². The van der Waals surface area contributed by atoms with Gasteiger partial charge in [-0.05, 0) is 31.9 Å². The number of benzene rings is 1. The molecule has 0 spiro atoms. The van der Waals surface area contributed by atoms with Gasteiger partial charge in [0.1, 0.15) is 22.8 Å². The van der Waals surface area contributed by atoms with Crippen LogP contribution in [-0.2, 0) is 0 Å². The third-order valence-corrected chi connectivity index (χ3v) is 6.78. The number of hydrogen-bond donors (Lipinski definition) is 0. The molecule has 4 heterocycles. The number of amides is 1. The molecule has 2 aliphatic heterocycles. The number of fused-ring (bicyclic) bond motifs is 5. The van der Waals surface area contributed by atoms with Crippen LogP contribution in [0.3, 0.4) is 0 Å². The molecule has 8 heteroatoms. The average molecular weight is 414 g/mol. The Morgan fingerprint density at radius 3 is 2.89 bits per heavy atom. The minimum atomic E-state index is -0.0134. The van der Waals surface area contributed by atoms with E-state index in [4.69, 9.17) is 21.6 Å². The molecule has 0 N–H and O–H groups in total. The van der Waals surface area contributed by atoms with Crippen molar-refractivity contribution in [1.82, 2.24) is 19.4 Å². The van der Waals surface area contributed by atoms with Gasteiger partial charge in [-0.15, -0.1) is 11.3 Å². The maximum absolute atomic E-state index is 13.3. The lowest BCUT2D eigenvalue weighted by molar-refractivity contribution is 0.0739. The van der Waals surface area contributed by atoms with Gasteiger partial charge >= 0.3 is 0 Å².